The summed E-state index contributed by atoms with van der Waals surface area (Å²) in [6.07, 6.45) is 0. The fourth-order valence-corrected chi connectivity index (χ4v) is 3.02. The second kappa shape index (κ2) is 6.17. The van der Waals surface area contributed by atoms with Gasteiger partial charge in [0.05, 0.1) is 5.71 Å². The quantitative estimate of drug-likeness (QED) is 0.583. The lowest BCUT2D eigenvalue weighted by molar-refractivity contribution is 0.581. The van der Waals surface area contributed by atoms with E-state index in [-0.39, 0.29) is 0 Å². The third-order valence-electron chi connectivity index (χ3n) is 2.60. The highest BCUT2D eigenvalue weighted by atomic mass is 32.1. The molecule has 0 saturated carbocycles. The lowest BCUT2D eigenvalue weighted by Gasteiger charge is -2.12. The summed E-state index contributed by atoms with van der Waals surface area (Å²) in [4.78, 5) is 5.91. The molecule has 0 atom stereocenters. The van der Waals surface area contributed by atoms with Crippen molar-refractivity contribution in [3.8, 4) is 5.75 Å². The second-order valence-electron chi connectivity index (χ2n) is 4.66. The van der Waals surface area contributed by atoms with E-state index in [0.29, 0.717) is 0 Å². The van der Waals surface area contributed by atoms with Crippen LogP contribution in [0.15, 0.2) is 40.7 Å². The lowest BCUT2D eigenvalue weighted by atomic mass is 10.2. The summed E-state index contributed by atoms with van der Waals surface area (Å²) < 4.78 is 5.94. The van der Waals surface area contributed by atoms with E-state index in [1.165, 1.54) is 10.4 Å². The lowest BCUT2D eigenvalue weighted by Crippen LogP contribution is -2.11. The molecule has 19 heavy (non-hydrogen) atoms. The Morgan fingerprint density at radius 3 is 2.68 bits per heavy atom. The summed E-state index contributed by atoms with van der Waals surface area (Å²) in [6, 6.07) is 10.3. The predicted molar refractivity (Wildman–Crippen MR) is 85.5 cm³/mol. The zero-order valence-corrected chi connectivity index (χ0v) is 13.5. The smallest absolute Gasteiger partial charge is 0.274 e. The monoisotopic (exact) mass is 288 g/mol. The number of rotatable bonds is 4. The Labute approximate surface area is 120 Å². The SMILES string of the molecule is CC(=Nc1ccc(C)cc1O[Si](C)C)c1cccs1. The molecule has 2 rings (SSSR count). The van der Waals surface area contributed by atoms with Gasteiger partial charge in [0.15, 0.2) is 0 Å². The second-order valence-corrected chi connectivity index (χ2v) is 7.62. The molecular formula is C15H18NOSSi. The Kier molecular flexibility index (Phi) is 4.55. The van der Waals surface area contributed by atoms with Crippen molar-refractivity contribution < 1.29 is 4.43 Å². The third kappa shape index (κ3) is 3.78. The van der Waals surface area contributed by atoms with E-state index in [1.54, 1.807) is 11.3 Å². The Bertz CT molecular complexity index is 576. The van der Waals surface area contributed by atoms with Crippen LogP contribution in [0.5, 0.6) is 5.75 Å². The van der Waals surface area contributed by atoms with Crippen LogP contribution in [-0.2, 0) is 0 Å². The standard InChI is InChI=1S/C15H18NOSSi/c1-11-7-8-13(14(10-11)17-19(3)4)16-12(2)15-6-5-9-18-15/h5-10H,1-4H3. The molecule has 1 heterocycles. The van der Waals surface area contributed by atoms with E-state index < -0.39 is 9.04 Å². The molecule has 0 saturated heterocycles. The topological polar surface area (TPSA) is 21.6 Å². The van der Waals surface area contributed by atoms with Crippen molar-refractivity contribution in [2.24, 2.45) is 4.99 Å². The maximum Gasteiger partial charge on any atom is 0.274 e. The van der Waals surface area contributed by atoms with Gasteiger partial charge in [0.2, 0.25) is 0 Å². The highest BCUT2D eigenvalue weighted by Crippen LogP contribution is 2.30. The fourth-order valence-electron chi connectivity index (χ4n) is 1.74. The first-order valence-corrected chi connectivity index (χ1v) is 9.53. The zero-order valence-electron chi connectivity index (χ0n) is 11.7. The largest absolute Gasteiger partial charge is 0.541 e. The van der Waals surface area contributed by atoms with Gasteiger partial charge in [-0.1, -0.05) is 12.1 Å². The zero-order chi connectivity index (χ0) is 13.8. The van der Waals surface area contributed by atoms with Crippen LogP contribution in [0.1, 0.15) is 17.4 Å². The van der Waals surface area contributed by atoms with Crippen LogP contribution in [-0.4, -0.2) is 14.8 Å². The van der Waals surface area contributed by atoms with Crippen LogP contribution in [0, 0.1) is 6.92 Å². The number of hydrogen-bond acceptors (Lipinski definition) is 3. The van der Waals surface area contributed by atoms with Crippen LogP contribution in [0.3, 0.4) is 0 Å². The van der Waals surface area contributed by atoms with Crippen LogP contribution in [0.4, 0.5) is 5.69 Å². The van der Waals surface area contributed by atoms with E-state index >= 15 is 0 Å². The van der Waals surface area contributed by atoms with Gasteiger partial charge in [0, 0.05) is 4.88 Å². The Hall–Kier alpha value is -1.39. The van der Waals surface area contributed by atoms with Crippen LogP contribution >= 0.6 is 11.3 Å². The van der Waals surface area contributed by atoms with Gasteiger partial charge in [-0.2, -0.15) is 0 Å². The van der Waals surface area contributed by atoms with Crippen LogP contribution in [0.25, 0.3) is 0 Å². The highest BCUT2D eigenvalue weighted by Gasteiger charge is 2.08. The van der Waals surface area contributed by atoms with E-state index in [0.717, 1.165) is 17.1 Å². The van der Waals surface area contributed by atoms with Crippen molar-refractivity contribution in [3.05, 3.63) is 46.2 Å². The van der Waals surface area contributed by atoms with Crippen molar-refractivity contribution in [2.45, 2.75) is 26.9 Å². The predicted octanol–water partition coefficient (Wildman–Crippen LogP) is 4.83. The van der Waals surface area contributed by atoms with Crippen molar-refractivity contribution >= 4 is 31.8 Å². The number of thiophene rings is 1. The first-order chi connectivity index (χ1) is 9.06. The minimum absolute atomic E-state index is 0.781. The number of nitrogens with zero attached hydrogens (tertiary/aromatic N) is 1. The van der Waals surface area contributed by atoms with Crippen molar-refractivity contribution in [1.82, 2.24) is 0 Å². The number of benzene rings is 1. The van der Waals surface area contributed by atoms with Gasteiger partial charge in [-0.05, 0) is 56.1 Å². The summed E-state index contributed by atoms with van der Waals surface area (Å²) in [5.41, 5.74) is 3.15. The molecule has 0 aliphatic heterocycles. The molecule has 0 unspecified atom stereocenters. The molecule has 0 aliphatic carbocycles. The number of hydrogen-bond donors (Lipinski definition) is 0. The average Bonchev–Trinajstić information content (AvgIpc) is 2.85. The highest BCUT2D eigenvalue weighted by molar-refractivity contribution is 7.12. The molecule has 1 aromatic carbocycles. The molecule has 4 heteroatoms. The van der Waals surface area contributed by atoms with Crippen molar-refractivity contribution in [1.29, 1.82) is 0 Å². The molecule has 0 bridgehead atoms. The first kappa shape index (κ1) is 14.0. The molecule has 0 amide bonds. The fraction of sp³-hybridized carbons (Fsp3) is 0.267. The van der Waals surface area contributed by atoms with E-state index in [4.69, 9.17) is 9.42 Å². The molecule has 0 fully saturated rings. The van der Waals surface area contributed by atoms with Gasteiger partial charge < -0.3 is 4.43 Å². The summed E-state index contributed by atoms with van der Waals surface area (Å²) >= 11 is 1.71. The third-order valence-corrected chi connectivity index (χ3v) is 4.20. The molecule has 2 aromatic rings. The molecule has 1 radical (unpaired) electrons. The van der Waals surface area contributed by atoms with E-state index in [9.17, 15) is 0 Å². The Morgan fingerprint density at radius 2 is 2.05 bits per heavy atom. The molecule has 1 aromatic heterocycles. The van der Waals surface area contributed by atoms with E-state index in [2.05, 4.69) is 43.6 Å². The molecule has 0 N–H and O–H groups in total. The van der Waals surface area contributed by atoms with Gasteiger partial charge in [-0.15, -0.1) is 11.3 Å². The van der Waals surface area contributed by atoms with E-state index in [1.807, 2.05) is 19.1 Å². The molecular weight excluding hydrogens is 270 g/mol. The normalized spacial score (nSPS) is 11.9. The molecule has 99 valence electrons. The van der Waals surface area contributed by atoms with Crippen molar-refractivity contribution in [3.63, 3.8) is 0 Å². The van der Waals surface area contributed by atoms with Gasteiger partial charge in [-0.25, -0.2) is 4.99 Å². The Balaban J connectivity index is 2.36. The first-order valence-electron chi connectivity index (χ1n) is 6.24. The van der Waals surface area contributed by atoms with Gasteiger partial charge >= 0.3 is 0 Å². The molecule has 0 aliphatic rings. The Morgan fingerprint density at radius 1 is 1.26 bits per heavy atom. The molecule has 0 spiro atoms. The minimum Gasteiger partial charge on any atom is -0.541 e. The summed E-state index contributed by atoms with van der Waals surface area (Å²) in [7, 11) is -0.781. The number of aryl methyl sites for hydroxylation is 1. The van der Waals surface area contributed by atoms with Gasteiger partial charge in [-0.3, -0.25) is 0 Å². The minimum atomic E-state index is -0.781. The maximum atomic E-state index is 5.94. The maximum absolute atomic E-state index is 5.94. The summed E-state index contributed by atoms with van der Waals surface area (Å²) in [5, 5.41) is 2.07. The average molecular weight is 288 g/mol. The molecule has 2 nitrogen and oxygen atoms in total. The summed E-state index contributed by atoms with van der Waals surface area (Å²) in [5.74, 6) is 0.898. The van der Waals surface area contributed by atoms with Gasteiger partial charge in [0.25, 0.3) is 9.04 Å². The van der Waals surface area contributed by atoms with Crippen LogP contribution in [0.2, 0.25) is 13.1 Å². The number of aliphatic imine (C=N–C) groups is 1. The van der Waals surface area contributed by atoms with Crippen LogP contribution < -0.4 is 4.43 Å². The van der Waals surface area contributed by atoms with Gasteiger partial charge in [0.1, 0.15) is 11.4 Å². The summed E-state index contributed by atoms with van der Waals surface area (Å²) in [6.45, 7) is 8.38. The van der Waals surface area contributed by atoms with Crippen molar-refractivity contribution in [2.75, 3.05) is 0 Å².